The third-order valence-corrected chi connectivity index (χ3v) is 1.97. The van der Waals surface area contributed by atoms with Gasteiger partial charge in [0.1, 0.15) is 0 Å². The number of nitrogens with zero attached hydrogens (tertiary/aromatic N) is 5. The van der Waals surface area contributed by atoms with Gasteiger partial charge in [0.15, 0.2) is 17.0 Å². The highest BCUT2D eigenvalue weighted by molar-refractivity contribution is 6.28. The number of anilines is 1. The first kappa shape index (κ1) is 9.14. The van der Waals surface area contributed by atoms with Crippen LogP contribution in [0.25, 0.3) is 11.2 Å². The lowest BCUT2D eigenvalue weighted by Crippen LogP contribution is -2.01. The molecule has 0 radical (unpaired) electrons. The van der Waals surface area contributed by atoms with Crippen LogP contribution in [0.1, 0.15) is 13.3 Å². The molecule has 2 aromatic heterocycles. The Kier molecular flexibility index (Phi) is 2.20. The SMILES string of the molecule is CCCn1nnc2c(N)nc(Cl)nc21. The number of hydrogen-bond acceptors (Lipinski definition) is 5. The Balaban J connectivity index is 2.66. The van der Waals surface area contributed by atoms with Crippen LogP contribution >= 0.6 is 11.6 Å². The average molecular weight is 213 g/mol. The fourth-order valence-corrected chi connectivity index (χ4v) is 1.38. The summed E-state index contributed by atoms with van der Waals surface area (Å²) in [6.45, 7) is 2.78. The van der Waals surface area contributed by atoms with E-state index < -0.39 is 0 Å². The molecule has 0 unspecified atom stereocenters. The standard InChI is InChI=1S/C7H9ClN6/c1-2-3-14-6-4(12-13-14)5(9)10-7(8)11-6/h2-3H2,1H3,(H2,9,10,11). The largest absolute Gasteiger partial charge is 0.382 e. The quantitative estimate of drug-likeness (QED) is 0.747. The Labute approximate surface area is 85.1 Å². The molecule has 0 fully saturated rings. The number of fused-ring (bicyclic) bond motifs is 1. The number of rotatable bonds is 2. The van der Waals surface area contributed by atoms with Gasteiger partial charge in [-0.05, 0) is 18.0 Å². The van der Waals surface area contributed by atoms with E-state index in [1.807, 2.05) is 6.92 Å². The van der Waals surface area contributed by atoms with Crippen LogP contribution in [0.3, 0.4) is 0 Å². The molecule has 0 aromatic carbocycles. The fraction of sp³-hybridized carbons (Fsp3) is 0.429. The Hall–Kier alpha value is -1.43. The zero-order valence-corrected chi connectivity index (χ0v) is 8.36. The maximum Gasteiger partial charge on any atom is 0.226 e. The van der Waals surface area contributed by atoms with Crippen molar-refractivity contribution in [3.63, 3.8) is 0 Å². The van der Waals surface area contributed by atoms with Gasteiger partial charge in [0.25, 0.3) is 0 Å². The first-order chi connectivity index (χ1) is 6.72. The lowest BCUT2D eigenvalue weighted by Gasteiger charge is -1.98. The number of nitrogen functional groups attached to an aromatic ring is 1. The van der Waals surface area contributed by atoms with Crippen LogP contribution in [0.15, 0.2) is 0 Å². The lowest BCUT2D eigenvalue weighted by atomic mass is 10.4. The van der Waals surface area contributed by atoms with E-state index in [1.165, 1.54) is 0 Å². The van der Waals surface area contributed by atoms with Crippen molar-refractivity contribution in [2.45, 2.75) is 19.9 Å². The molecule has 7 heteroatoms. The smallest absolute Gasteiger partial charge is 0.226 e. The van der Waals surface area contributed by atoms with Gasteiger partial charge < -0.3 is 5.73 Å². The Morgan fingerprint density at radius 3 is 2.93 bits per heavy atom. The van der Waals surface area contributed by atoms with Crippen molar-refractivity contribution in [1.82, 2.24) is 25.0 Å². The van der Waals surface area contributed by atoms with E-state index in [0.717, 1.165) is 13.0 Å². The molecule has 0 spiro atoms. The van der Waals surface area contributed by atoms with Crippen LogP contribution < -0.4 is 5.73 Å². The second kappa shape index (κ2) is 3.38. The van der Waals surface area contributed by atoms with Crippen molar-refractivity contribution >= 4 is 28.6 Å². The molecule has 0 aliphatic carbocycles. The maximum absolute atomic E-state index is 5.68. The summed E-state index contributed by atoms with van der Waals surface area (Å²) in [5.41, 5.74) is 6.71. The zero-order valence-electron chi connectivity index (χ0n) is 7.61. The number of halogens is 1. The van der Waals surface area contributed by atoms with E-state index in [9.17, 15) is 0 Å². The highest BCUT2D eigenvalue weighted by atomic mass is 35.5. The molecule has 6 nitrogen and oxygen atoms in total. The van der Waals surface area contributed by atoms with E-state index in [2.05, 4.69) is 20.3 Å². The fourth-order valence-electron chi connectivity index (χ4n) is 1.21. The normalized spacial score (nSPS) is 11.0. The number of aryl methyl sites for hydroxylation is 1. The van der Waals surface area contributed by atoms with Crippen molar-refractivity contribution in [3.05, 3.63) is 5.28 Å². The molecule has 2 rings (SSSR count). The van der Waals surface area contributed by atoms with Crippen LogP contribution in [-0.2, 0) is 6.54 Å². The summed E-state index contributed by atoms with van der Waals surface area (Å²) < 4.78 is 1.67. The Bertz CT molecular complexity index is 464. The van der Waals surface area contributed by atoms with E-state index in [-0.39, 0.29) is 11.1 Å². The summed E-state index contributed by atoms with van der Waals surface area (Å²) in [5, 5.41) is 7.91. The second-order valence-corrected chi connectivity index (χ2v) is 3.20. The van der Waals surface area contributed by atoms with Crippen molar-refractivity contribution in [1.29, 1.82) is 0 Å². The number of hydrogen-bond donors (Lipinski definition) is 1. The van der Waals surface area contributed by atoms with E-state index >= 15 is 0 Å². The van der Waals surface area contributed by atoms with Crippen molar-refractivity contribution in [3.8, 4) is 0 Å². The molecule has 0 saturated carbocycles. The minimum Gasteiger partial charge on any atom is -0.382 e. The molecule has 0 aliphatic heterocycles. The van der Waals surface area contributed by atoms with E-state index in [0.29, 0.717) is 11.2 Å². The molecular weight excluding hydrogens is 204 g/mol. The first-order valence-corrected chi connectivity index (χ1v) is 4.62. The van der Waals surface area contributed by atoms with Gasteiger partial charge in [0, 0.05) is 6.54 Å². The highest BCUT2D eigenvalue weighted by Gasteiger charge is 2.10. The molecule has 14 heavy (non-hydrogen) atoms. The van der Waals surface area contributed by atoms with Crippen molar-refractivity contribution < 1.29 is 0 Å². The molecule has 0 amide bonds. The van der Waals surface area contributed by atoms with Gasteiger partial charge in [0.2, 0.25) is 5.28 Å². The summed E-state index contributed by atoms with van der Waals surface area (Å²) in [4.78, 5) is 7.82. The van der Waals surface area contributed by atoms with Gasteiger partial charge >= 0.3 is 0 Å². The minimum absolute atomic E-state index is 0.120. The van der Waals surface area contributed by atoms with Crippen LogP contribution in [0.2, 0.25) is 5.28 Å². The maximum atomic E-state index is 5.68. The summed E-state index contributed by atoms with van der Waals surface area (Å²) in [6.07, 6.45) is 0.944. The molecule has 0 bridgehead atoms. The molecular formula is C7H9ClN6. The minimum atomic E-state index is 0.120. The van der Waals surface area contributed by atoms with Gasteiger partial charge in [-0.3, -0.25) is 0 Å². The van der Waals surface area contributed by atoms with E-state index in [1.54, 1.807) is 4.68 Å². The summed E-state index contributed by atoms with van der Waals surface area (Å²) >= 11 is 5.68. The molecule has 2 heterocycles. The Morgan fingerprint density at radius 1 is 1.43 bits per heavy atom. The van der Waals surface area contributed by atoms with Gasteiger partial charge in [-0.15, -0.1) is 5.10 Å². The average Bonchev–Trinajstić information content (AvgIpc) is 2.49. The number of nitrogens with two attached hydrogens (primary N) is 1. The van der Waals surface area contributed by atoms with E-state index in [4.69, 9.17) is 17.3 Å². The molecule has 0 atom stereocenters. The molecule has 74 valence electrons. The molecule has 2 aromatic rings. The van der Waals surface area contributed by atoms with Crippen LogP contribution in [0.4, 0.5) is 5.82 Å². The topological polar surface area (TPSA) is 82.5 Å². The highest BCUT2D eigenvalue weighted by Crippen LogP contribution is 2.16. The van der Waals surface area contributed by atoms with Gasteiger partial charge in [-0.25, -0.2) is 4.68 Å². The molecule has 2 N–H and O–H groups in total. The predicted octanol–water partition coefficient (Wildman–Crippen LogP) is 0.867. The third-order valence-electron chi connectivity index (χ3n) is 1.80. The van der Waals surface area contributed by atoms with Gasteiger partial charge in [0.05, 0.1) is 0 Å². The van der Waals surface area contributed by atoms with Crippen molar-refractivity contribution in [2.75, 3.05) is 5.73 Å². The second-order valence-electron chi connectivity index (χ2n) is 2.86. The summed E-state index contributed by atoms with van der Waals surface area (Å²) in [6, 6.07) is 0. The van der Waals surface area contributed by atoms with Gasteiger partial charge in [-0.1, -0.05) is 12.1 Å². The lowest BCUT2D eigenvalue weighted by molar-refractivity contribution is 0.591. The zero-order chi connectivity index (χ0) is 10.1. The van der Waals surface area contributed by atoms with Crippen LogP contribution in [0.5, 0.6) is 0 Å². The Morgan fingerprint density at radius 2 is 2.21 bits per heavy atom. The van der Waals surface area contributed by atoms with Gasteiger partial charge in [-0.2, -0.15) is 9.97 Å². The van der Waals surface area contributed by atoms with Crippen LogP contribution in [0, 0.1) is 0 Å². The molecule has 0 aliphatic rings. The first-order valence-electron chi connectivity index (χ1n) is 4.24. The predicted molar refractivity (Wildman–Crippen MR) is 52.8 cm³/mol. The van der Waals surface area contributed by atoms with Crippen molar-refractivity contribution in [2.24, 2.45) is 0 Å². The monoisotopic (exact) mass is 212 g/mol. The summed E-state index contributed by atoms with van der Waals surface area (Å²) in [5.74, 6) is 0.266. The van der Waals surface area contributed by atoms with Crippen LogP contribution in [-0.4, -0.2) is 25.0 Å². The third kappa shape index (κ3) is 1.37. The molecule has 0 saturated heterocycles. The number of aromatic nitrogens is 5. The summed E-state index contributed by atoms with van der Waals surface area (Å²) in [7, 11) is 0.